The van der Waals surface area contributed by atoms with Crippen molar-refractivity contribution in [1.82, 2.24) is 10.3 Å². The summed E-state index contributed by atoms with van der Waals surface area (Å²) in [6.45, 7) is 5.91. The number of benzene rings is 2. The van der Waals surface area contributed by atoms with Crippen LogP contribution < -0.4 is 25.4 Å². The van der Waals surface area contributed by atoms with Crippen LogP contribution in [0.2, 0.25) is 10.0 Å². The van der Waals surface area contributed by atoms with Crippen LogP contribution in [-0.2, 0) is 14.9 Å². The molecule has 234 valence electrons. The van der Waals surface area contributed by atoms with Gasteiger partial charge in [0.1, 0.15) is 29.3 Å². The Balaban J connectivity index is 1.58. The van der Waals surface area contributed by atoms with Gasteiger partial charge in [-0.15, -0.1) is 0 Å². The van der Waals surface area contributed by atoms with Gasteiger partial charge in [0.2, 0.25) is 11.8 Å². The highest BCUT2D eigenvalue weighted by Crippen LogP contribution is 2.57. The molecule has 13 heteroatoms. The van der Waals surface area contributed by atoms with Crippen molar-refractivity contribution < 1.29 is 33.3 Å². The Labute approximate surface area is 264 Å². The van der Waals surface area contributed by atoms with E-state index in [1.165, 1.54) is 25.4 Å². The van der Waals surface area contributed by atoms with E-state index in [1.807, 2.05) is 20.8 Å². The fourth-order valence-corrected chi connectivity index (χ4v) is 6.49. The third kappa shape index (κ3) is 5.89. The second-order valence-corrected chi connectivity index (χ2v) is 12.7. The smallest absolute Gasteiger partial charge is 0.413 e. The highest BCUT2D eigenvalue weighted by Gasteiger charge is 2.66. The first-order valence-corrected chi connectivity index (χ1v) is 14.7. The van der Waals surface area contributed by atoms with Crippen LogP contribution in [0.4, 0.5) is 20.6 Å². The van der Waals surface area contributed by atoms with Gasteiger partial charge in [-0.3, -0.25) is 15.4 Å². The van der Waals surface area contributed by atoms with Gasteiger partial charge < -0.3 is 24.6 Å². The molecule has 1 aromatic heterocycles. The van der Waals surface area contributed by atoms with Crippen molar-refractivity contribution in [2.24, 2.45) is 5.41 Å². The highest BCUT2D eigenvalue weighted by molar-refractivity contribution is 6.31. The average molecular weight is 648 g/mol. The van der Waals surface area contributed by atoms with E-state index in [4.69, 9.17) is 42.5 Å². The summed E-state index contributed by atoms with van der Waals surface area (Å²) in [5.41, 5.74) is -0.282. The van der Waals surface area contributed by atoms with Crippen LogP contribution in [0.3, 0.4) is 0 Å². The summed E-state index contributed by atoms with van der Waals surface area (Å²) in [5.74, 6) is -1.72. The van der Waals surface area contributed by atoms with Crippen LogP contribution >= 0.6 is 23.2 Å². The minimum absolute atomic E-state index is 0.0279. The topological polar surface area (TPSA) is 131 Å². The van der Waals surface area contributed by atoms with Gasteiger partial charge in [0, 0.05) is 22.8 Å². The first-order valence-electron chi connectivity index (χ1n) is 14.0. The molecule has 2 aromatic carbocycles. The molecule has 44 heavy (non-hydrogen) atoms. The van der Waals surface area contributed by atoms with Crippen molar-refractivity contribution in [1.29, 1.82) is 0 Å². The number of aromatic nitrogens is 1. The Bertz CT molecular complexity index is 1590. The van der Waals surface area contributed by atoms with E-state index in [-0.39, 0.29) is 52.4 Å². The molecule has 1 saturated heterocycles. The third-order valence-corrected chi connectivity index (χ3v) is 8.29. The number of methoxy groups -OCH3 is 1. The van der Waals surface area contributed by atoms with E-state index in [1.54, 1.807) is 30.3 Å². The van der Waals surface area contributed by atoms with Gasteiger partial charge in [0.15, 0.2) is 6.23 Å². The van der Waals surface area contributed by atoms with Crippen LogP contribution in [0.1, 0.15) is 44.2 Å². The lowest BCUT2D eigenvalue weighted by Crippen LogP contribution is -2.49. The summed E-state index contributed by atoms with van der Waals surface area (Å²) >= 11 is 12.5. The molecule has 10 nitrogen and oxygen atoms in total. The fourth-order valence-electron chi connectivity index (χ4n) is 6.13. The van der Waals surface area contributed by atoms with Crippen molar-refractivity contribution in [3.63, 3.8) is 0 Å². The van der Waals surface area contributed by atoms with Crippen molar-refractivity contribution in [2.75, 3.05) is 31.0 Å². The Morgan fingerprint density at radius 3 is 2.68 bits per heavy atom. The zero-order valence-electron chi connectivity index (χ0n) is 24.5. The maximum Gasteiger partial charge on any atom is 0.413 e. The van der Waals surface area contributed by atoms with Crippen LogP contribution in [0, 0.1) is 11.2 Å². The van der Waals surface area contributed by atoms with E-state index in [9.17, 15) is 9.59 Å². The summed E-state index contributed by atoms with van der Waals surface area (Å²) in [7, 11) is 1.40. The van der Waals surface area contributed by atoms with Crippen LogP contribution in [-0.4, -0.2) is 54.7 Å². The molecule has 0 aliphatic carbocycles. The number of aliphatic hydroxyl groups excluding tert-OH is 1. The van der Waals surface area contributed by atoms with Gasteiger partial charge in [0.05, 0.1) is 30.9 Å². The van der Waals surface area contributed by atoms with Gasteiger partial charge >= 0.3 is 6.09 Å². The maximum absolute atomic E-state index is 15.9. The molecule has 2 amide bonds. The summed E-state index contributed by atoms with van der Waals surface area (Å²) in [5, 5.41) is 18.2. The molecule has 0 unspecified atom stereocenters. The van der Waals surface area contributed by atoms with Crippen molar-refractivity contribution in [2.45, 2.75) is 50.8 Å². The number of ether oxygens (including phenoxy) is 3. The number of anilines is 2. The molecule has 3 aromatic rings. The van der Waals surface area contributed by atoms with Gasteiger partial charge in [0.25, 0.3) is 0 Å². The molecule has 0 saturated carbocycles. The number of rotatable bonds is 8. The Hall–Kier alpha value is -3.64. The molecule has 2 aliphatic rings. The van der Waals surface area contributed by atoms with E-state index < -0.39 is 35.5 Å². The predicted octanol–water partition coefficient (Wildman–Crippen LogP) is 5.86. The molecule has 3 heterocycles. The fraction of sp³-hybridized carbons (Fsp3) is 0.387. The first-order chi connectivity index (χ1) is 20.9. The molecule has 5 rings (SSSR count). The number of nitrogens with zero attached hydrogens (tertiary/aromatic N) is 1. The number of nitrogens with one attached hydrogen (secondary N) is 3. The number of carbonyl (C=O) groups is 2. The Morgan fingerprint density at radius 1 is 1.20 bits per heavy atom. The summed E-state index contributed by atoms with van der Waals surface area (Å²) in [6, 6.07) is 10.5. The Morgan fingerprint density at radius 2 is 1.98 bits per heavy atom. The SMILES string of the molecule is COc1cc(OCCO)ncc1NC(=O)O[C@H]1N[C@@H](CC(C)(C)C)[C@@]2(C(=O)Nc3cc(Cl)ccc32)[C@H]1c1cccc(Cl)c1F. The second-order valence-electron chi connectivity index (χ2n) is 11.9. The number of pyridine rings is 1. The molecule has 4 N–H and O–H groups in total. The van der Waals surface area contributed by atoms with Crippen molar-refractivity contribution >= 4 is 46.6 Å². The molecule has 4 atom stereocenters. The lowest BCUT2D eigenvalue weighted by Gasteiger charge is -2.37. The van der Waals surface area contributed by atoms with Crippen LogP contribution in [0.5, 0.6) is 11.6 Å². The van der Waals surface area contributed by atoms with Crippen LogP contribution in [0.25, 0.3) is 0 Å². The van der Waals surface area contributed by atoms with Gasteiger partial charge in [-0.1, -0.05) is 62.2 Å². The lowest BCUT2D eigenvalue weighted by molar-refractivity contribution is -0.122. The summed E-state index contributed by atoms with van der Waals surface area (Å²) in [4.78, 5) is 31.7. The second kappa shape index (κ2) is 12.4. The monoisotopic (exact) mass is 646 g/mol. The van der Waals surface area contributed by atoms with Gasteiger partial charge in [-0.2, -0.15) is 0 Å². The number of amides is 2. The molecular weight excluding hydrogens is 614 g/mol. The normalized spacial score (nSPS) is 22.5. The van der Waals surface area contributed by atoms with E-state index in [2.05, 4.69) is 20.9 Å². The molecule has 1 spiro atoms. The number of hydrogen-bond acceptors (Lipinski definition) is 8. The van der Waals surface area contributed by atoms with E-state index >= 15 is 4.39 Å². The molecule has 0 bridgehead atoms. The standard InChI is InChI=1S/C31H33Cl2FN4O6/c1-30(2,3)14-23-31(18-9-8-16(32)12-20(18)36-28(31)40)25(17-6-5-7-19(33)26(17)34)27(38-23)44-29(41)37-21-15-35-24(43-11-10-39)13-22(21)42-4/h5-9,12-13,15,23,25,27,38-39H,10-11,14H2,1-4H3,(H,36,40)(H,37,41)/t23-,25-,27+,31+/m0/s1. The largest absolute Gasteiger partial charge is 0.494 e. The van der Waals surface area contributed by atoms with Gasteiger partial charge in [-0.05, 0) is 41.2 Å². The quantitative estimate of drug-likeness (QED) is 0.239. The number of hydrogen-bond donors (Lipinski definition) is 4. The Kier molecular flexibility index (Phi) is 8.95. The molecule has 2 aliphatic heterocycles. The number of halogens is 3. The van der Waals surface area contributed by atoms with Crippen molar-refractivity contribution in [3.8, 4) is 11.6 Å². The van der Waals surface area contributed by atoms with Crippen LogP contribution in [0.15, 0.2) is 48.7 Å². The minimum atomic E-state index is -1.39. The van der Waals surface area contributed by atoms with E-state index in [0.717, 1.165) is 0 Å². The number of carbonyl (C=O) groups excluding carboxylic acids is 2. The third-order valence-electron chi connectivity index (χ3n) is 7.77. The lowest BCUT2D eigenvalue weighted by atomic mass is 9.63. The number of fused-ring (bicyclic) bond motifs is 2. The van der Waals surface area contributed by atoms with Gasteiger partial charge in [-0.25, -0.2) is 14.2 Å². The summed E-state index contributed by atoms with van der Waals surface area (Å²) < 4.78 is 32.5. The zero-order chi connectivity index (χ0) is 31.8. The molecular formula is C31H33Cl2FN4O6. The minimum Gasteiger partial charge on any atom is -0.494 e. The average Bonchev–Trinajstić information content (AvgIpc) is 3.41. The maximum atomic E-state index is 15.9. The highest BCUT2D eigenvalue weighted by atomic mass is 35.5. The first kappa shape index (κ1) is 31.8. The molecule has 1 fully saturated rings. The zero-order valence-corrected chi connectivity index (χ0v) is 26.1. The predicted molar refractivity (Wildman–Crippen MR) is 164 cm³/mol. The summed E-state index contributed by atoms with van der Waals surface area (Å²) in [6.07, 6.45) is -0.290. The number of aliphatic hydroxyl groups is 1. The molecule has 0 radical (unpaired) electrons. The van der Waals surface area contributed by atoms with Crippen molar-refractivity contribution in [3.05, 3.63) is 75.7 Å². The van der Waals surface area contributed by atoms with E-state index in [0.29, 0.717) is 22.7 Å².